The predicted octanol–water partition coefficient (Wildman–Crippen LogP) is 10.8. The minimum Gasteiger partial charge on any atom is -0.318 e. The Morgan fingerprint density at radius 2 is 1.37 bits per heavy atom. The molecule has 0 N–H and O–H groups in total. The molecule has 49 heavy (non-hydrogen) atoms. The van der Waals surface area contributed by atoms with Crippen molar-refractivity contribution in [3.8, 4) is 5.69 Å². The normalized spacial score (nSPS) is 15.7. The molecule has 0 saturated carbocycles. The highest BCUT2D eigenvalue weighted by atomic mass is 15.1. The summed E-state index contributed by atoms with van der Waals surface area (Å²) >= 11 is 0. The average molecular weight is 642 g/mol. The molecule has 2 aliphatic rings. The van der Waals surface area contributed by atoms with Gasteiger partial charge in [-0.05, 0) is 79.8 Å². The van der Waals surface area contributed by atoms with Crippen molar-refractivity contribution < 1.29 is 0 Å². The molecule has 0 atom stereocenters. The molecule has 2 aliphatic heterocycles. The first-order valence-corrected chi connectivity index (χ1v) is 17.7. The van der Waals surface area contributed by atoms with Crippen molar-refractivity contribution in [1.82, 2.24) is 9.55 Å². The molecule has 0 bridgehead atoms. The molecular weight excluding hydrogens is 593 g/mol. The van der Waals surface area contributed by atoms with Gasteiger partial charge in [0.2, 0.25) is 0 Å². The van der Waals surface area contributed by atoms with Crippen molar-refractivity contribution in [3.63, 3.8) is 0 Å². The molecule has 0 unspecified atom stereocenters. The molecule has 246 valence electrons. The Balaban J connectivity index is 1.63. The van der Waals surface area contributed by atoms with E-state index >= 15 is 0 Å². The van der Waals surface area contributed by atoms with E-state index in [1.807, 2.05) is 6.20 Å². The van der Waals surface area contributed by atoms with Gasteiger partial charge >= 0.3 is 0 Å². The van der Waals surface area contributed by atoms with E-state index in [0.717, 1.165) is 11.1 Å². The number of nitrogens with zero attached hydrogens (tertiary/aromatic N) is 3. The lowest BCUT2D eigenvalue weighted by molar-refractivity contribution is 0.519. The van der Waals surface area contributed by atoms with Gasteiger partial charge in [0, 0.05) is 28.1 Å². The van der Waals surface area contributed by atoms with Crippen LogP contribution in [0.3, 0.4) is 0 Å². The Morgan fingerprint density at radius 1 is 0.776 bits per heavy atom. The van der Waals surface area contributed by atoms with E-state index in [1.165, 1.54) is 88.0 Å². The quantitative estimate of drug-likeness (QED) is 0.139. The number of benzene rings is 5. The van der Waals surface area contributed by atoms with Crippen molar-refractivity contribution in [2.45, 2.75) is 87.0 Å². The summed E-state index contributed by atoms with van der Waals surface area (Å²) in [6, 6.07) is 19.0. The second kappa shape index (κ2) is 10.0. The number of hydrogen-bond donors (Lipinski definition) is 0. The largest absolute Gasteiger partial charge is 0.318 e. The van der Waals surface area contributed by atoms with Crippen LogP contribution in [0.2, 0.25) is 0 Å². The van der Waals surface area contributed by atoms with Crippen molar-refractivity contribution in [1.29, 1.82) is 0 Å². The molecule has 3 heterocycles. The molecule has 8 rings (SSSR count). The molecule has 1 aromatic heterocycles. The van der Waals surface area contributed by atoms with Crippen LogP contribution >= 0.6 is 0 Å². The maximum Gasteiger partial charge on any atom is 0.252 e. The summed E-state index contributed by atoms with van der Waals surface area (Å²) in [6.07, 6.45) is 6.48. The first kappa shape index (κ1) is 31.7. The third kappa shape index (κ3) is 4.38. The van der Waals surface area contributed by atoms with Crippen LogP contribution in [0.4, 0.5) is 5.69 Å². The molecule has 3 nitrogen and oxygen atoms in total. The highest BCUT2D eigenvalue weighted by molar-refractivity contribution is 6.96. The lowest BCUT2D eigenvalue weighted by Gasteiger charge is -2.43. The average Bonchev–Trinajstić information content (AvgIpc) is 3.44. The molecule has 4 heteroatoms. The van der Waals surface area contributed by atoms with E-state index in [1.54, 1.807) is 0 Å². The van der Waals surface area contributed by atoms with E-state index in [-0.39, 0.29) is 23.0 Å². The van der Waals surface area contributed by atoms with Crippen molar-refractivity contribution in [2.75, 3.05) is 4.90 Å². The van der Waals surface area contributed by atoms with E-state index in [9.17, 15) is 0 Å². The molecule has 0 spiro atoms. The number of aromatic nitrogens is 2. The van der Waals surface area contributed by atoms with Crippen LogP contribution in [0.5, 0.6) is 0 Å². The van der Waals surface area contributed by atoms with Gasteiger partial charge in [0.25, 0.3) is 6.71 Å². The zero-order chi connectivity index (χ0) is 35.1. The highest BCUT2D eigenvalue weighted by Gasteiger charge is 2.45. The van der Waals surface area contributed by atoms with Gasteiger partial charge in [-0.2, -0.15) is 0 Å². The van der Waals surface area contributed by atoms with Crippen LogP contribution in [0.25, 0.3) is 49.0 Å². The Morgan fingerprint density at radius 3 is 1.92 bits per heavy atom. The third-order valence-electron chi connectivity index (χ3n) is 11.1. The summed E-state index contributed by atoms with van der Waals surface area (Å²) in [4.78, 5) is 7.51. The molecule has 5 aromatic carbocycles. The second-order valence-electron chi connectivity index (χ2n) is 17.8. The molecular formula is C45H48BN3. The number of imidazole rings is 1. The van der Waals surface area contributed by atoms with Gasteiger partial charge < -0.3 is 4.90 Å². The first-order valence-electron chi connectivity index (χ1n) is 17.7. The number of rotatable bonds is 2. The van der Waals surface area contributed by atoms with Crippen molar-refractivity contribution in [2.24, 2.45) is 5.41 Å². The standard InChI is InChI=1S/C45H48BN3/c1-14-48-39(25(2)3)33(19-26(4)43(5,6)7)46-34-22-30(45(11,12)13)23-35-42(34)49(24-47-35)41-32-18-16-28-21-29(44(8,9)10)20-27-15-17-31(37(32)36(27)28)40(48)38(41)46/h14-24H,1,4H2,2-3,5-13H3/b33-19+. The summed E-state index contributed by atoms with van der Waals surface area (Å²) in [5.74, 6) is 0. The predicted molar refractivity (Wildman–Crippen MR) is 215 cm³/mol. The fourth-order valence-electron chi connectivity index (χ4n) is 8.33. The maximum atomic E-state index is 5.13. The second-order valence-corrected chi connectivity index (χ2v) is 17.8. The number of allylic oxidation sites excluding steroid dienone is 4. The number of hydrogen-bond acceptors (Lipinski definition) is 2. The molecule has 0 aliphatic carbocycles. The minimum atomic E-state index is -0.0831. The fourth-order valence-corrected chi connectivity index (χ4v) is 8.33. The summed E-state index contributed by atoms with van der Waals surface area (Å²) in [5.41, 5.74) is 14.8. The Kier molecular flexibility index (Phi) is 6.47. The van der Waals surface area contributed by atoms with Gasteiger partial charge in [0.15, 0.2) is 0 Å². The molecule has 6 aromatic rings. The van der Waals surface area contributed by atoms with Gasteiger partial charge in [0.1, 0.15) is 6.33 Å². The van der Waals surface area contributed by atoms with E-state index in [2.05, 4.69) is 160 Å². The lowest BCUT2D eigenvalue weighted by Crippen LogP contribution is -2.56. The Labute approximate surface area is 292 Å². The lowest BCUT2D eigenvalue weighted by atomic mass is 9.32. The SMILES string of the molecule is C=CN1C(=C(C)C)/C(=C\C(=C)C(C)(C)C)B2c3c1c1ccc4cc(C(C)(C)C)cc5ccc(c3-n3cnc6cc(C(C)(C)C)cc2c63)c1c45. The van der Waals surface area contributed by atoms with Crippen LogP contribution in [-0.2, 0) is 10.8 Å². The summed E-state index contributed by atoms with van der Waals surface area (Å²) in [6.45, 7) is 34.2. The van der Waals surface area contributed by atoms with E-state index < -0.39 is 0 Å². The zero-order valence-electron chi connectivity index (χ0n) is 31.2. The van der Waals surface area contributed by atoms with Crippen LogP contribution in [0, 0.1) is 5.41 Å². The molecule has 0 saturated heterocycles. The van der Waals surface area contributed by atoms with Gasteiger partial charge in [0.05, 0.1) is 22.4 Å². The Bertz CT molecular complexity index is 2480. The number of fused-ring (bicyclic) bond motifs is 4. The molecule has 0 radical (unpaired) electrons. The van der Waals surface area contributed by atoms with Crippen LogP contribution in [0.15, 0.2) is 103 Å². The zero-order valence-corrected chi connectivity index (χ0v) is 31.2. The van der Waals surface area contributed by atoms with E-state index in [0.29, 0.717) is 0 Å². The minimum absolute atomic E-state index is 0.00592. The topological polar surface area (TPSA) is 21.1 Å². The van der Waals surface area contributed by atoms with Gasteiger partial charge in [-0.3, -0.25) is 4.57 Å². The monoisotopic (exact) mass is 641 g/mol. The van der Waals surface area contributed by atoms with Crippen molar-refractivity contribution >= 4 is 66.7 Å². The van der Waals surface area contributed by atoms with E-state index in [4.69, 9.17) is 4.98 Å². The number of anilines is 1. The van der Waals surface area contributed by atoms with Crippen LogP contribution < -0.4 is 15.8 Å². The summed E-state index contributed by atoms with van der Waals surface area (Å²) < 4.78 is 2.39. The molecule has 0 amide bonds. The highest BCUT2D eigenvalue weighted by Crippen LogP contribution is 2.48. The summed E-state index contributed by atoms with van der Waals surface area (Å²) in [5, 5.41) is 7.75. The summed E-state index contributed by atoms with van der Waals surface area (Å²) in [7, 11) is 0. The van der Waals surface area contributed by atoms with Gasteiger partial charge in [-0.25, -0.2) is 4.98 Å². The first-order chi connectivity index (χ1) is 22.9. The Hall–Kier alpha value is -4.57. The van der Waals surface area contributed by atoms with Gasteiger partial charge in [-0.1, -0.05) is 135 Å². The van der Waals surface area contributed by atoms with Crippen LogP contribution in [0.1, 0.15) is 87.3 Å². The van der Waals surface area contributed by atoms with Crippen LogP contribution in [-0.4, -0.2) is 16.3 Å². The fraction of sp³-hybridized carbons (Fsp3) is 0.311. The molecule has 0 fully saturated rings. The van der Waals surface area contributed by atoms with Gasteiger partial charge in [-0.15, -0.1) is 0 Å². The van der Waals surface area contributed by atoms with Crippen molar-refractivity contribution in [3.05, 3.63) is 114 Å². The maximum absolute atomic E-state index is 5.13. The third-order valence-corrected chi connectivity index (χ3v) is 11.1. The smallest absolute Gasteiger partial charge is 0.252 e.